The molecule has 106 valence electrons. The summed E-state index contributed by atoms with van der Waals surface area (Å²) in [5.41, 5.74) is -0.576. The maximum atomic E-state index is 13.6. The summed E-state index contributed by atoms with van der Waals surface area (Å²) >= 11 is 2.96. The largest absolute Gasteiger partial charge is 0.351 e. The molecule has 0 saturated carbocycles. The lowest BCUT2D eigenvalue weighted by Crippen LogP contribution is -2.28. The van der Waals surface area contributed by atoms with Crippen LogP contribution in [-0.4, -0.2) is 22.0 Å². The number of halogens is 3. The van der Waals surface area contributed by atoms with E-state index >= 15 is 0 Å². The second-order valence-corrected chi connectivity index (χ2v) is 5.12. The number of hydrogen-bond acceptors (Lipinski definition) is 2. The SMILES string of the molecule is Cn1ccnc1CCNC(=O)c1c(F)cc(Br)cc1F. The van der Waals surface area contributed by atoms with E-state index in [-0.39, 0.29) is 11.0 Å². The number of nitrogens with one attached hydrogen (secondary N) is 1. The van der Waals surface area contributed by atoms with Gasteiger partial charge in [-0.25, -0.2) is 13.8 Å². The van der Waals surface area contributed by atoms with Gasteiger partial charge >= 0.3 is 0 Å². The van der Waals surface area contributed by atoms with Crippen LogP contribution in [0.2, 0.25) is 0 Å². The zero-order chi connectivity index (χ0) is 14.7. The summed E-state index contributed by atoms with van der Waals surface area (Å²) in [6.07, 6.45) is 3.91. The lowest BCUT2D eigenvalue weighted by Gasteiger charge is -2.07. The van der Waals surface area contributed by atoms with Crippen molar-refractivity contribution < 1.29 is 13.6 Å². The quantitative estimate of drug-likeness (QED) is 0.926. The molecule has 1 amide bonds. The van der Waals surface area contributed by atoms with Gasteiger partial charge in [0.2, 0.25) is 0 Å². The summed E-state index contributed by atoms with van der Waals surface area (Å²) in [6, 6.07) is 2.10. The smallest absolute Gasteiger partial charge is 0.257 e. The van der Waals surface area contributed by atoms with E-state index < -0.39 is 23.1 Å². The molecule has 4 nitrogen and oxygen atoms in total. The van der Waals surface area contributed by atoms with Crippen LogP contribution in [0.5, 0.6) is 0 Å². The van der Waals surface area contributed by atoms with Gasteiger partial charge in [0.05, 0.1) is 0 Å². The normalized spacial score (nSPS) is 10.6. The molecular formula is C13H12BrF2N3O. The van der Waals surface area contributed by atoms with Crippen molar-refractivity contribution in [2.24, 2.45) is 7.05 Å². The van der Waals surface area contributed by atoms with Crippen LogP contribution in [-0.2, 0) is 13.5 Å². The van der Waals surface area contributed by atoms with Crippen molar-refractivity contribution in [2.45, 2.75) is 6.42 Å². The summed E-state index contributed by atoms with van der Waals surface area (Å²) in [5, 5.41) is 2.48. The van der Waals surface area contributed by atoms with Gasteiger partial charge in [-0.1, -0.05) is 15.9 Å². The number of hydrogen-bond donors (Lipinski definition) is 1. The van der Waals surface area contributed by atoms with Crippen molar-refractivity contribution in [1.29, 1.82) is 0 Å². The Labute approximate surface area is 122 Å². The van der Waals surface area contributed by atoms with E-state index in [4.69, 9.17) is 0 Å². The number of aryl methyl sites for hydroxylation is 1. The molecule has 0 fully saturated rings. The molecule has 1 aromatic carbocycles. The fourth-order valence-corrected chi connectivity index (χ4v) is 2.17. The first-order valence-electron chi connectivity index (χ1n) is 5.88. The Kier molecular flexibility index (Phi) is 4.49. The van der Waals surface area contributed by atoms with Crippen LogP contribution in [0.3, 0.4) is 0 Å². The molecule has 2 aromatic rings. The summed E-state index contributed by atoms with van der Waals surface area (Å²) < 4.78 is 29.2. The molecule has 0 aliphatic rings. The summed E-state index contributed by atoms with van der Waals surface area (Å²) in [6.45, 7) is 0.249. The van der Waals surface area contributed by atoms with Crippen molar-refractivity contribution in [2.75, 3.05) is 6.54 Å². The second-order valence-electron chi connectivity index (χ2n) is 4.20. The van der Waals surface area contributed by atoms with Crippen LogP contribution in [0.4, 0.5) is 8.78 Å². The molecule has 20 heavy (non-hydrogen) atoms. The summed E-state index contributed by atoms with van der Waals surface area (Å²) in [7, 11) is 1.83. The number of amides is 1. The minimum absolute atomic E-state index is 0.247. The molecular weight excluding hydrogens is 332 g/mol. The van der Waals surface area contributed by atoms with Crippen LogP contribution in [0.1, 0.15) is 16.2 Å². The molecule has 1 N–H and O–H groups in total. The number of rotatable bonds is 4. The standard InChI is InChI=1S/C13H12BrF2N3O/c1-19-5-4-17-11(19)2-3-18-13(20)12-9(15)6-8(14)7-10(12)16/h4-7H,2-3H2,1H3,(H,18,20). The first-order valence-corrected chi connectivity index (χ1v) is 6.67. The number of imidazole rings is 1. The molecule has 2 rings (SSSR count). The fourth-order valence-electron chi connectivity index (χ4n) is 1.77. The zero-order valence-corrected chi connectivity index (χ0v) is 12.2. The number of benzene rings is 1. The molecule has 0 spiro atoms. The van der Waals surface area contributed by atoms with Crippen LogP contribution in [0, 0.1) is 11.6 Å². The minimum Gasteiger partial charge on any atom is -0.351 e. The van der Waals surface area contributed by atoms with Crippen molar-refractivity contribution >= 4 is 21.8 Å². The Hall–Kier alpha value is -1.76. The van der Waals surface area contributed by atoms with Crippen LogP contribution in [0.15, 0.2) is 29.0 Å². The molecule has 0 atom stereocenters. The first kappa shape index (κ1) is 14.6. The van der Waals surface area contributed by atoms with E-state index in [0.717, 1.165) is 18.0 Å². The molecule has 1 aromatic heterocycles. The van der Waals surface area contributed by atoms with Crippen molar-refractivity contribution in [1.82, 2.24) is 14.9 Å². The highest BCUT2D eigenvalue weighted by molar-refractivity contribution is 9.10. The third kappa shape index (κ3) is 3.22. The summed E-state index contributed by atoms with van der Waals surface area (Å²) in [4.78, 5) is 15.9. The van der Waals surface area contributed by atoms with E-state index in [9.17, 15) is 13.6 Å². The third-order valence-electron chi connectivity index (χ3n) is 2.79. The topological polar surface area (TPSA) is 46.9 Å². The number of carbonyl (C=O) groups is 1. The van der Waals surface area contributed by atoms with Crippen LogP contribution >= 0.6 is 15.9 Å². The molecule has 1 heterocycles. The molecule has 0 saturated heterocycles. The van der Waals surface area contributed by atoms with Crippen LogP contribution < -0.4 is 5.32 Å². The monoisotopic (exact) mass is 343 g/mol. The predicted molar refractivity (Wildman–Crippen MR) is 73.3 cm³/mol. The molecule has 0 radical (unpaired) electrons. The van der Waals surface area contributed by atoms with Gasteiger partial charge in [-0.3, -0.25) is 4.79 Å². The highest BCUT2D eigenvalue weighted by Crippen LogP contribution is 2.19. The molecule has 0 bridgehead atoms. The average Bonchev–Trinajstić information content (AvgIpc) is 2.74. The van der Waals surface area contributed by atoms with E-state index in [2.05, 4.69) is 26.2 Å². The highest BCUT2D eigenvalue weighted by atomic mass is 79.9. The lowest BCUT2D eigenvalue weighted by molar-refractivity contribution is 0.0945. The van der Waals surface area contributed by atoms with Gasteiger partial charge < -0.3 is 9.88 Å². The maximum Gasteiger partial charge on any atom is 0.257 e. The van der Waals surface area contributed by atoms with Gasteiger partial charge in [0.15, 0.2) is 0 Å². The molecule has 0 aliphatic carbocycles. The Morgan fingerprint density at radius 3 is 2.60 bits per heavy atom. The van der Waals surface area contributed by atoms with Gasteiger partial charge in [-0.05, 0) is 12.1 Å². The van der Waals surface area contributed by atoms with E-state index in [1.165, 1.54) is 0 Å². The van der Waals surface area contributed by atoms with Crippen molar-refractivity contribution in [3.8, 4) is 0 Å². The van der Waals surface area contributed by atoms with E-state index in [1.54, 1.807) is 12.4 Å². The fraction of sp³-hybridized carbons (Fsp3) is 0.231. The van der Waals surface area contributed by atoms with Crippen molar-refractivity contribution in [3.63, 3.8) is 0 Å². The predicted octanol–water partition coefficient (Wildman–Crippen LogP) is 2.43. The second kappa shape index (κ2) is 6.13. The van der Waals surface area contributed by atoms with Gasteiger partial charge in [-0.15, -0.1) is 0 Å². The number of aromatic nitrogens is 2. The van der Waals surface area contributed by atoms with Gasteiger partial charge in [0.1, 0.15) is 23.0 Å². The number of nitrogens with zero attached hydrogens (tertiary/aromatic N) is 2. The van der Waals surface area contributed by atoms with E-state index in [1.807, 2.05) is 11.6 Å². The number of carbonyl (C=O) groups excluding carboxylic acids is 1. The Morgan fingerprint density at radius 2 is 2.05 bits per heavy atom. The average molecular weight is 344 g/mol. The van der Waals surface area contributed by atoms with Crippen molar-refractivity contribution in [3.05, 3.63) is 52.0 Å². The van der Waals surface area contributed by atoms with Gasteiger partial charge in [-0.2, -0.15) is 0 Å². The Morgan fingerprint density at radius 1 is 1.40 bits per heavy atom. The molecule has 0 aliphatic heterocycles. The van der Waals surface area contributed by atoms with Gasteiger partial charge in [0, 0.05) is 36.9 Å². The minimum atomic E-state index is -0.897. The molecule has 0 unspecified atom stereocenters. The Balaban J connectivity index is 2.01. The Bertz CT molecular complexity index is 619. The maximum absolute atomic E-state index is 13.6. The van der Waals surface area contributed by atoms with Gasteiger partial charge in [0.25, 0.3) is 5.91 Å². The first-order chi connectivity index (χ1) is 9.49. The molecule has 7 heteroatoms. The van der Waals surface area contributed by atoms with E-state index in [0.29, 0.717) is 6.42 Å². The third-order valence-corrected chi connectivity index (χ3v) is 3.25. The lowest BCUT2D eigenvalue weighted by atomic mass is 10.2. The summed E-state index contributed by atoms with van der Waals surface area (Å²) in [5.74, 6) is -1.79. The zero-order valence-electron chi connectivity index (χ0n) is 10.7. The highest BCUT2D eigenvalue weighted by Gasteiger charge is 2.18. The van der Waals surface area contributed by atoms with Crippen LogP contribution in [0.25, 0.3) is 0 Å².